The van der Waals surface area contributed by atoms with Gasteiger partial charge in [-0.15, -0.1) is 0 Å². The summed E-state index contributed by atoms with van der Waals surface area (Å²) in [6.45, 7) is 1.37. The molecule has 0 bridgehead atoms. The molecule has 4 amide bonds. The van der Waals surface area contributed by atoms with E-state index in [2.05, 4.69) is 26.5 Å². The first-order valence-electron chi connectivity index (χ1n) is 10.6. The Hall–Kier alpha value is -4.48. The molecule has 0 radical (unpaired) electrons. The molecule has 1 aliphatic heterocycles. The molecule has 3 aromatic rings. The molecule has 4 rings (SSSR count). The van der Waals surface area contributed by atoms with E-state index in [0.29, 0.717) is 13.1 Å². The zero-order chi connectivity index (χ0) is 24.8. The molecule has 0 unspecified atom stereocenters. The van der Waals surface area contributed by atoms with Gasteiger partial charge in [-0.25, -0.2) is 27.7 Å². The van der Waals surface area contributed by atoms with E-state index < -0.39 is 23.5 Å². The van der Waals surface area contributed by atoms with Crippen LogP contribution in [0.3, 0.4) is 0 Å². The SMILES string of the molecule is O=C(NNc1cc(F)ccc1F)Nc1ccc(Oc2ccnc(NC(=O)N3CCCC3)c2)c(F)c1. The van der Waals surface area contributed by atoms with Crippen LogP contribution in [0.2, 0.25) is 0 Å². The second-order valence-electron chi connectivity index (χ2n) is 7.58. The van der Waals surface area contributed by atoms with E-state index in [1.807, 2.05) is 0 Å². The average molecular weight is 486 g/mol. The van der Waals surface area contributed by atoms with Crippen molar-refractivity contribution in [2.45, 2.75) is 12.8 Å². The van der Waals surface area contributed by atoms with Crippen LogP contribution in [0.15, 0.2) is 54.7 Å². The smallest absolute Gasteiger partial charge is 0.337 e. The summed E-state index contributed by atoms with van der Waals surface area (Å²) >= 11 is 0. The summed E-state index contributed by atoms with van der Waals surface area (Å²) in [6.07, 6.45) is 3.33. The van der Waals surface area contributed by atoms with Crippen LogP contribution in [-0.4, -0.2) is 35.0 Å². The van der Waals surface area contributed by atoms with E-state index >= 15 is 0 Å². The Balaban J connectivity index is 1.33. The fraction of sp³-hybridized carbons (Fsp3) is 0.174. The number of nitrogens with zero attached hydrogens (tertiary/aromatic N) is 2. The molecule has 35 heavy (non-hydrogen) atoms. The van der Waals surface area contributed by atoms with E-state index in [9.17, 15) is 22.8 Å². The third-order valence-electron chi connectivity index (χ3n) is 5.02. The van der Waals surface area contributed by atoms with Gasteiger partial charge in [0.25, 0.3) is 0 Å². The molecule has 0 atom stereocenters. The van der Waals surface area contributed by atoms with Crippen molar-refractivity contribution in [2.75, 3.05) is 29.1 Å². The third-order valence-corrected chi connectivity index (χ3v) is 5.02. The topological polar surface area (TPSA) is 108 Å². The van der Waals surface area contributed by atoms with Gasteiger partial charge in [-0.2, -0.15) is 0 Å². The van der Waals surface area contributed by atoms with E-state index in [1.165, 1.54) is 30.5 Å². The predicted molar refractivity (Wildman–Crippen MR) is 123 cm³/mol. The van der Waals surface area contributed by atoms with E-state index in [4.69, 9.17) is 4.74 Å². The summed E-state index contributed by atoms with van der Waals surface area (Å²) < 4.78 is 46.9. The highest BCUT2D eigenvalue weighted by molar-refractivity contribution is 5.90. The summed E-state index contributed by atoms with van der Waals surface area (Å²) in [5.74, 6) is -1.85. The number of hydrogen-bond donors (Lipinski definition) is 4. The van der Waals surface area contributed by atoms with Gasteiger partial charge in [-0.05, 0) is 43.2 Å². The van der Waals surface area contributed by atoms with Crippen molar-refractivity contribution in [1.82, 2.24) is 15.3 Å². The Morgan fingerprint density at radius 3 is 2.49 bits per heavy atom. The summed E-state index contributed by atoms with van der Waals surface area (Å²) in [4.78, 5) is 30.0. The molecule has 0 aliphatic carbocycles. The van der Waals surface area contributed by atoms with Gasteiger partial charge in [0.1, 0.15) is 23.2 Å². The monoisotopic (exact) mass is 486 g/mol. The number of likely N-dealkylation sites (tertiary alicyclic amines) is 1. The van der Waals surface area contributed by atoms with Crippen molar-refractivity contribution in [1.29, 1.82) is 0 Å². The molecule has 9 nitrogen and oxygen atoms in total. The Kier molecular flexibility index (Phi) is 7.19. The first kappa shape index (κ1) is 23.7. The summed E-state index contributed by atoms with van der Waals surface area (Å²) in [5.41, 5.74) is 4.17. The van der Waals surface area contributed by atoms with Gasteiger partial charge in [0, 0.05) is 43.2 Å². The lowest BCUT2D eigenvalue weighted by Gasteiger charge is -2.16. The minimum Gasteiger partial charge on any atom is -0.454 e. The summed E-state index contributed by atoms with van der Waals surface area (Å²) in [7, 11) is 0. The minimum absolute atomic E-state index is 0.0853. The van der Waals surface area contributed by atoms with E-state index in [-0.39, 0.29) is 34.7 Å². The number of rotatable bonds is 6. The van der Waals surface area contributed by atoms with Gasteiger partial charge < -0.3 is 15.0 Å². The number of hydrogen-bond acceptors (Lipinski definition) is 5. The second-order valence-corrected chi connectivity index (χ2v) is 7.58. The number of nitrogens with one attached hydrogen (secondary N) is 4. The summed E-state index contributed by atoms with van der Waals surface area (Å²) in [6, 6.07) is 8.27. The highest BCUT2D eigenvalue weighted by Gasteiger charge is 2.18. The summed E-state index contributed by atoms with van der Waals surface area (Å²) in [5, 5.41) is 5.03. The number of halogens is 3. The largest absolute Gasteiger partial charge is 0.454 e. The van der Waals surface area contributed by atoms with Crippen LogP contribution < -0.4 is 26.2 Å². The number of pyridine rings is 1. The molecule has 12 heteroatoms. The standard InChI is InChI=1S/C23H21F3N6O3/c24-14-3-5-17(25)19(11-14)30-31-22(33)28-15-4-6-20(18(26)12-15)35-16-7-8-27-21(13-16)29-23(34)32-9-1-2-10-32/h3-8,11-13,30H,1-2,9-10H2,(H,27,29,34)(H2,28,31,33). The molecular formula is C23H21F3N6O3. The maximum absolute atomic E-state index is 14.6. The molecule has 0 saturated carbocycles. The van der Waals surface area contributed by atoms with Crippen molar-refractivity contribution >= 4 is 29.3 Å². The van der Waals surface area contributed by atoms with Crippen LogP contribution in [-0.2, 0) is 0 Å². The van der Waals surface area contributed by atoms with Gasteiger partial charge in [-0.3, -0.25) is 16.2 Å². The maximum Gasteiger partial charge on any atom is 0.337 e. The van der Waals surface area contributed by atoms with Crippen LogP contribution in [0, 0.1) is 17.5 Å². The number of hydrazine groups is 1. The molecule has 1 fully saturated rings. The number of carbonyl (C=O) groups is 2. The van der Waals surface area contributed by atoms with Gasteiger partial charge in [-0.1, -0.05) is 0 Å². The van der Waals surface area contributed by atoms with Crippen molar-refractivity contribution in [2.24, 2.45) is 0 Å². The molecule has 0 spiro atoms. The lowest BCUT2D eigenvalue weighted by molar-refractivity contribution is 0.222. The van der Waals surface area contributed by atoms with Crippen molar-refractivity contribution in [3.05, 3.63) is 72.2 Å². The van der Waals surface area contributed by atoms with Gasteiger partial charge >= 0.3 is 12.1 Å². The Labute approximate surface area is 198 Å². The van der Waals surface area contributed by atoms with Crippen LogP contribution in [0.25, 0.3) is 0 Å². The molecule has 4 N–H and O–H groups in total. The van der Waals surface area contributed by atoms with E-state index in [0.717, 1.165) is 37.1 Å². The van der Waals surface area contributed by atoms with Crippen LogP contribution in [0.1, 0.15) is 12.8 Å². The highest BCUT2D eigenvalue weighted by atomic mass is 19.1. The van der Waals surface area contributed by atoms with Crippen LogP contribution in [0.5, 0.6) is 11.5 Å². The number of ether oxygens (including phenoxy) is 1. The minimum atomic E-state index is -0.839. The Bertz CT molecular complexity index is 1240. The van der Waals surface area contributed by atoms with E-state index in [1.54, 1.807) is 4.90 Å². The normalized spacial score (nSPS) is 12.7. The molecule has 2 aromatic carbocycles. The first-order chi connectivity index (χ1) is 16.9. The van der Waals surface area contributed by atoms with Crippen molar-refractivity contribution in [3.8, 4) is 11.5 Å². The molecule has 1 aromatic heterocycles. The zero-order valence-electron chi connectivity index (χ0n) is 18.3. The van der Waals surface area contributed by atoms with Gasteiger partial charge in [0.2, 0.25) is 0 Å². The molecule has 1 aliphatic rings. The third kappa shape index (κ3) is 6.31. The predicted octanol–water partition coefficient (Wildman–Crippen LogP) is 5.07. The van der Waals surface area contributed by atoms with Crippen LogP contribution in [0.4, 0.5) is 40.0 Å². The molecule has 182 valence electrons. The fourth-order valence-electron chi connectivity index (χ4n) is 3.32. The first-order valence-corrected chi connectivity index (χ1v) is 10.6. The molecule has 2 heterocycles. The van der Waals surface area contributed by atoms with Gasteiger partial charge in [0.15, 0.2) is 11.6 Å². The maximum atomic E-state index is 14.6. The second kappa shape index (κ2) is 10.6. The lowest BCUT2D eigenvalue weighted by atomic mass is 10.3. The van der Waals surface area contributed by atoms with Gasteiger partial charge in [0.05, 0.1) is 5.69 Å². The van der Waals surface area contributed by atoms with Crippen molar-refractivity contribution < 1.29 is 27.5 Å². The number of amides is 4. The number of carbonyl (C=O) groups excluding carboxylic acids is 2. The number of benzene rings is 2. The Morgan fingerprint density at radius 1 is 0.914 bits per heavy atom. The Morgan fingerprint density at radius 2 is 1.71 bits per heavy atom. The zero-order valence-corrected chi connectivity index (χ0v) is 18.3. The fourth-order valence-corrected chi connectivity index (χ4v) is 3.32. The number of urea groups is 2. The molecular weight excluding hydrogens is 465 g/mol. The quantitative estimate of drug-likeness (QED) is 0.364. The average Bonchev–Trinajstić information content (AvgIpc) is 3.37. The number of anilines is 3. The lowest BCUT2D eigenvalue weighted by Crippen LogP contribution is -2.34. The number of aromatic nitrogens is 1. The molecule has 1 saturated heterocycles. The highest BCUT2D eigenvalue weighted by Crippen LogP contribution is 2.28. The van der Waals surface area contributed by atoms with Crippen LogP contribution >= 0.6 is 0 Å². The van der Waals surface area contributed by atoms with Crippen molar-refractivity contribution in [3.63, 3.8) is 0 Å².